The number of rotatable bonds is 26. The van der Waals surface area contributed by atoms with Crippen LogP contribution in [0.3, 0.4) is 0 Å². The van der Waals surface area contributed by atoms with E-state index >= 15 is 0 Å². The van der Waals surface area contributed by atoms with Gasteiger partial charge in [-0.15, -0.1) is 0 Å². The molecule has 15 nitrogen and oxygen atoms in total. The number of sulfone groups is 2. The molecule has 0 aromatic heterocycles. The molecule has 21 heteroatoms. The van der Waals surface area contributed by atoms with Crippen molar-refractivity contribution in [2.75, 3.05) is 118 Å². The number of carbonyl (C=O) groups excluding carboxylic acids is 1. The molecule has 2 aliphatic heterocycles. The second kappa shape index (κ2) is 36.0. The van der Waals surface area contributed by atoms with E-state index in [4.69, 9.17) is 39.7 Å². The summed E-state index contributed by atoms with van der Waals surface area (Å²) in [6, 6.07) is 0. The van der Waals surface area contributed by atoms with Crippen molar-refractivity contribution in [2.24, 2.45) is 27.1 Å². The number of hydrogen-bond donors (Lipinski definition) is 8. The van der Waals surface area contributed by atoms with Gasteiger partial charge in [0.1, 0.15) is 13.2 Å². The summed E-state index contributed by atoms with van der Waals surface area (Å²) >= 11 is 10.2. The number of hydrogen-bond acceptors (Lipinski definition) is 18. The molecule has 2 rings (SSSR count). The molecule has 0 spiro atoms. The van der Waals surface area contributed by atoms with E-state index in [0.29, 0.717) is 53.7 Å². The zero-order chi connectivity index (χ0) is 47.0. The second-order valence-electron chi connectivity index (χ2n) is 15.2. The van der Waals surface area contributed by atoms with E-state index in [-0.39, 0.29) is 86.8 Å². The van der Waals surface area contributed by atoms with Crippen LogP contribution in [0.1, 0.15) is 74.1 Å². The van der Waals surface area contributed by atoms with Gasteiger partial charge in [-0.1, -0.05) is 71.1 Å². The lowest BCUT2D eigenvalue weighted by atomic mass is 9.84. The van der Waals surface area contributed by atoms with Crippen molar-refractivity contribution in [3.63, 3.8) is 0 Å². The first-order valence-electron chi connectivity index (χ1n) is 19.9. The van der Waals surface area contributed by atoms with Gasteiger partial charge in [-0.05, 0) is 32.1 Å². The monoisotopic (exact) mass is 1040 g/mol. The predicted octanol–water partition coefficient (Wildman–Crippen LogP) is 4.60. The molecule has 368 valence electrons. The summed E-state index contributed by atoms with van der Waals surface area (Å²) in [6.45, 7) is 18.8. The van der Waals surface area contributed by atoms with Gasteiger partial charge in [-0.3, -0.25) is 0 Å². The molecular formula is C40H81BrO15S5. The number of halogens is 1. The smallest absolute Gasteiger partial charge is 0.434 e. The van der Waals surface area contributed by atoms with Gasteiger partial charge in [0, 0.05) is 72.0 Å². The molecule has 0 amide bonds. The standard InChI is InChI=1S/C11H18O5S2.C10H20O4S2.C6H13BrO2.C6H14O2S.C6H12O2.CH4/c1-3-11(7-15-10(12)16-8-11)9-17-5-6-18(13,14)4-2;1-3-10(7-11,8-12)9-15-5-6-16(13,14)4-2;2*1-2-6(3-7,4-8)5-9;1-2-6(3-7)4-8-5-6;/h4H,2-3,5-9H2,1H3;4,11-12H,2-3,5-9H2,1H3;8-9H,2-5H2,1H3;7-9H,2-5H2,1H3;7H,2-5H2,1H3;1H4. The van der Waals surface area contributed by atoms with E-state index < -0.39 is 31.2 Å². The quantitative estimate of drug-likeness (QED) is 0.0255. The van der Waals surface area contributed by atoms with Gasteiger partial charge in [0.2, 0.25) is 0 Å². The molecule has 0 saturated carbocycles. The van der Waals surface area contributed by atoms with Gasteiger partial charge in [0.15, 0.2) is 19.7 Å². The van der Waals surface area contributed by atoms with Gasteiger partial charge < -0.3 is 50.0 Å². The van der Waals surface area contributed by atoms with Crippen LogP contribution in [-0.2, 0) is 33.9 Å². The molecule has 0 bridgehead atoms. The van der Waals surface area contributed by atoms with Gasteiger partial charge >= 0.3 is 6.16 Å². The summed E-state index contributed by atoms with van der Waals surface area (Å²) < 4.78 is 59.4. The van der Waals surface area contributed by atoms with Crippen LogP contribution in [0.25, 0.3) is 0 Å². The number of alkyl halides is 1. The van der Waals surface area contributed by atoms with E-state index in [0.717, 1.165) is 49.7 Å². The van der Waals surface area contributed by atoms with Gasteiger partial charge in [-0.2, -0.15) is 36.2 Å². The number of aliphatic hydroxyl groups is 7. The molecule has 0 aromatic rings. The Morgan fingerprint density at radius 3 is 1.30 bits per heavy atom. The average molecular weight is 1040 g/mol. The Balaban J connectivity index is -0.000000345. The molecule has 7 N–H and O–H groups in total. The van der Waals surface area contributed by atoms with E-state index in [1.807, 2.05) is 27.7 Å². The second-order valence-corrected chi connectivity index (χ2v) is 22.4. The molecule has 61 heavy (non-hydrogen) atoms. The van der Waals surface area contributed by atoms with E-state index in [2.05, 4.69) is 48.6 Å². The van der Waals surface area contributed by atoms with E-state index in [9.17, 15) is 31.8 Å². The Bertz CT molecular complexity index is 1250. The summed E-state index contributed by atoms with van der Waals surface area (Å²) in [5.74, 6) is 2.91. The Morgan fingerprint density at radius 1 is 0.689 bits per heavy atom. The van der Waals surface area contributed by atoms with Crippen LogP contribution in [0, 0.1) is 27.1 Å². The van der Waals surface area contributed by atoms with Crippen LogP contribution < -0.4 is 0 Å². The zero-order valence-electron chi connectivity index (χ0n) is 36.4. The summed E-state index contributed by atoms with van der Waals surface area (Å²) in [6.07, 6.45) is 3.46. The number of aliphatic hydroxyl groups excluding tert-OH is 7. The predicted molar refractivity (Wildman–Crippen MR) is 258 cm³/mol. The minimum absolute atomic E-state index is 0. The number of cyclic esters (lactones) is 2. The molecule has 2 aliphatic rings. The van der Waals surface area contributed by atoms with Crippen molar-refractivity contribution >= 4 is 77.9 Å². The van der Waals surface area contributed by atoms with Crippen LogP contribution in [0.15, 0.2) is 24.0 Å². The average Bonchev–Trinajstić information content (AvgIpc) is 3.26. The van der Waals surface area contributed by atoms with Crippen LogP contribution in [0.2, 0.25) is 0 Å². The van der Waals surface area contributed by atoms with Crippen molar-refractivity contribution in [3.05, 3.63) is 24.0 Å². The third-order valence-electron chi connectivity index (χ3n) is 10.9. The number of thiol groups is 1. The van der Waals surface area contributed by atoms with Crippen molar-refractivity contribution in [2.45, 2.75) is 74.1 Å². The number of ether oxygens (including phenoxy) is 3. The summed E-state index contributed by atoms with van der Waals surface area (Å²) in [4.78, 5) is 10.8. The first kappa shape index (κ1) is 67.5. The fourth-order valence-corrected chi connectivity index (χ4v) is 10.4. The van der Waals surface area contributed by atoms with Crippen LogP contribution in [0.5, 0.6) is 0 Å². The maximum absolute atomic E-state index is 11.2. The third-order valence-corrected chi connectivity index (χ3v) is 18.4. The Labute approximate surface area is 390 Å². The van der Waals surface area contributed by atoms with Crippen LogP contribution >= 0.6 is 52.1 Å². The zero-order valence-corrected chi connectivity index (χ0v) is 42.1. The molecule has 0 unspecified atom stereocenters. The SMILES string of the molecule is C.C=CS(=O)(=O)CCSCC(CC)(CO)CO.C=CS(=O)(=O)CCSCC1(CC)COC(=O)OC1.CCC(CO)(CO)CBr.CCC(CO)(CO)CS.CCC1(CO)COC1. The summed E-state index contributed by atoms with van der Waals surface area (Å²) in [7, 11) is -6.27. The first-order valence-corrected chi connectivity index (χ1v) is 27.4. The molecule has 0 radical (unpaired) electrons. The Morgan fingerprint density at radius 2 is 1.08 bits per heavy atom. The largest absolute Gasteiger partial charge is 0.508 e. The van der Waals surface area contributed by atoms with Crippen molar-refractivity contribution < 1.29 is 71.6 Å². The van der Waals surface area contributed by atoms with Crippen molar-refractivity contribution in [1.82, 2.24) is 0 Å². The molecule has 2 saturated heterocycles. The van der Waals surface area contributed by atoms with Crippen molar-refractivity contribution in [3.8, 4) is 0 Å². The van der Waals surface area contributed by atoms with E-state index in [1.54, 1.807) is 0 Å². The molecule has 0 atom stereocenters. The fraction of sp³-hybridized carbons (Fsp3) is 0.875. The Kier molecular flexibility index (Phi) is 39.8. The topological polar surface area (TPSA) is 255 Å². The Hall–Kier alpha value is -0.140. The first-order chi connectivity index (χ1) is 28.2. The highest BCUT2D eigenvalue weighted by atomic mass is 79.9. The fourth-order valence-electron chi connectivity index (χ4n) is 4.19. The lowest BCUT2D eigenvalue weighted by molar-refractivity contribution is -0.138. The lowest BCUT2D eigenvalue weighted by Gasteiger charge is -2.38. The minimum atomic E-state index is -3.14. The molecule has 2 heterocycles. The normalized spacial score (nSPS) is 15.7. The van der Waals surface area contributed by atoms with Gasteiger partial charge in [0.25, 0.3) is 0 Å². The highest BCUT2D eigenvalue weighted by molar-refractivity contribution is 9.09. The number of carbonyl (C=O) groups is 1. The van der Waals surface area contributed by atoms with E-state index in [1.165, 1.54) is 23.5 Å². The summed E-state index contributed by atoms with van der Waals surface area (Å²) in [5.41, 5.74) is -1.22. The molecule has 0 aromatic carbocycles. The molecule has 2 fully saturated rings. The van der Waals surface area contributed by atoms with Crippen LogP contribution in [-0.4, -0.2) is 177 Å². The molecule has 0 aliphatic carbocycles. The lowest BCUT2D eigenvalue weighted by Crippen LogP contribution is -2.44. The highest BCUT2D eigenvalue weighted by Crippen LogP contribution is 2.32. The number of thioether (sulfide) groups is 2. The van der Waals surface area contributed by atoms with Crippen molar-refractivity contribution in [1.29, 1.82) is 0 Å². The van der Waals surface area contributed by atoms with Gasteiger partial charge in [-0.25, -0.2) is 21.6 Å². The summed E-state index contributed by atoms with van der Waals surface area (Å²) in [5, 5.41) is 64.8. The third kappa shape index (κ3) is 27.2. The van der Waals surface area contributed by atoms with Gasteiger partial charge in [0.05, 0.1) is 71.0 Å². The maximum Gasteiger partial charge on any atom is 0.508 e. The maximum atomic E-state index is 11.2. The highest BCUT2D eigenvalue weighted by Gasteiger charge is 2.37. The molecular weight excluding hydrogens is 961 g/mol. The van der Waals surface area contributed by atoms with Crippen LogP contribution in [0.4, 0.5) is 4.79 Å². The minimum Gasteiger partial charge on any atom is -0.434 e.